The van der Waals surface area contributed by atoms with Gasteiger partial charge in [0.1, 0.15) is 0 Å². The van der Waals surface area contributed by atoms with Gasteiger partial charge in [0.25, 0.3) is 5.91 Å². The van der Waals surface area contributed by atoms with Gasteiger partial charge in [-0.05, 0) is 36.9 Å². The van der Waals surface area contributed by atoms with Crippen molar-refractivity contribution in [3.8, 4) is 0 Å². The summed E-state index contributed by atoms with van der Waals surface area (Å²) in [7, 11) is -1.98. The minimum atomic E-state index is -3.72. The van der Waals surface area contributed by atoms with E-state index in [4.69, 9.17) is 5.14 Å². The van der Waals surface area contributed by atoms with E-state index in [1.807, 2.05) is 6.92 Å². The van der Waals surface area contributed by atoms with E-state index in [-0.39, 0.29) is 16.8 Å². The minimum Gasteiger partial charge on any atom is -0.338 e. The molecule has 112 valence electrons. The summed E-state index contributed by atoms with van der Waals surface area (Å²) in [5, 5.41) is 5.02. The van der Waals surface area contributed by atoms with Gasteiger partial charge in [-0.25, -0.2) is 13.6 Å². The maximum Gasteiger partial charge on any atom is 0.253 e. The number of hydrogen-bond acceptors (Lipinski definition) is 4. The Balaban J connectivity index is 2.82. The molecule has 0 aliphatic carbocycles. The molecule has 0 heterocycles. The van der Waals surface area contributed by atoms with Crippen LogP contribution >= 0.6 is 11.8 Å². The third kappa shape index (κ3) is 4.50. The largest absolute Gasteiger partial charge is 0.338 e. The Labute approximate surface area is 124 Å². The predicted octanol–water partition coefficient (Wildman–Crippen LogP) is 1.55. The highest BCUT2D eigenvalue weighted by molar-refractivity contribution is 7.99. The molecule has 0 saturated carbocycles. The van der Waals surface area contributed by atoms with Crippen molar-refractivity contribution < 1.29 is 13.2 Å². The van der Waals surface area contributed by atoms with Gasteiger partial charge >= 0.3 is 0 Å². The third-order valence-corrected chi connectivity index (χ3v) is 5.03. The van der Waals surface area contributed by atoms with Crippen molar-refractivity contribution in [2.45, 2.75) is 24.8 Å². The van der Waals surface area contributed by atoms with Crippen LogP contribution in [0.3, 0.4) is 0 Å². The van der Waals surface area contributed by atoms with Crippen LogP contribution in [0.5, 0.6) is 0 Å². The molecule has 1 aromatic carbocycles. The molecule has 0 unspecified atom stereocenters. The molecule has 1 rings (SSSR count). The molecular formula is C13H20N2O3S2. The van der Waals surface area contributed by atoms with E-state index < -0.39 is 10.0 Å². The first-order chi connectivity index (χ1) is 9.27. The maximum atomic E-state index is 12.2. The van der Waals surface area contributed by atoms with Crippen LogP contribution in [0.25, 0.3) is 0 Å². The summed E-state index contributed by atoms with van der Waals surface area (Å²) in [4.78, 5) is 13.9. The zero-order chi connectivity index (χ0) is 15.3. The first kappa shape index (κ1) is 17.0. The maximum absolute atomic E-state index is 12.2. The first-order valence-corrected chi connectivity index (χ1v) is 8.95. The van der Waals surface area contributed by atoms with Gasteiger partial charge in [0.05, 0.1) is 4.90 Å². The van der Waals surface area contributed by atoms with Gasteiger partial charge < -0.3 is 4.90 Å². The minimum absolute atomic E-state index is 0.00582. The van der Waals surface area contributed by atoms with Crippen LogP contribution in [0.15, 0.2) is 29.2 Å². The molecule has 0 saturated heterocycles. The van der Waals surface area contributed by atoms with E-state index in [9.17, 15) is 13.2 Å². The fourth-order valence-corrected chi connectivity index (χ4v) is 2.91. The van der Waals surface area contributed by atoms with Crippen LogP contribution in [0.2, 0.25) is 0 Å². The molecule has 0 spiro atoms. The topological polar surface area (TPSA) is 80.5 Å². The fraction of sp³-hybridized carbons (Fsp3) is 0.462. The summed E-state index contributed by atoms with van der Waals surface area (Å²) < 4.78 is 22.3. The lowest BCUT2D eigenvalue weighted by Crippen LogP contribution is -2.36. The van der Waals surface area contributed by atoms with Gasteiger partial charge in [-0.3, -0.25) is 4.79 Å². The van der Waals surface area contributed by atoms with E-state index in [2.05, 4.69) is 6.92 Å². The summed E-state index contributed by atoms with van der Waals surface area (Å²) in [6.07, 6.45) is 0. The molecule has 0 radical (unpaired) electrons. The number of primary sulfonamides is 1. The third-order valence-electron chi connectivity index (χ3n) is 2.97. The van der Waals surface area contributed by atoms with Crippen LogP contribution in [0, 0.1) is 0 Å². The van der Waals surface area contributed by atoms with Crippen LogP contribution in [0.4, 0.5) is 0 Å². The molecule has 0 aliphatic heterocycles. The number of hydrogen-bond donors (Lipinski definition) is 1. The van der Waals surface area contributed by atoms with E-state index in [0.717, 1.165) is 11.5 Å². The van der Waals surface area contributed by atoms with E-state index >= 15 is 0 Å². The highest BCUT2D eigenvalue weighted by Crippen LogP contribution is 2.13. The van der Waals surface area contributed by atoms with Crippen molar-refractivity contribution in [2.24, 2.45) is 5.14 Å². The predicted molar refractivity (Wildman–Crippen MR) is 82.4 cm³/mol. The van der Waals surface area contributed by atoms with Crippen molar-refractivity contribution in [3.05, 3.63) is 29.8 Å². The Morgan fingerprint density at radius 2 is 1.90 bits per heavy atom. The first-order valence-electron chi connectivity index (χ1n) is 6.25. The normalized spacial score (nSPS) is 13.0. The van der Waals surface area contributed by atoms with Crippen molar-refractivity contribution in [3.63, 3.8) is 0 Å². The molecule has 5 nitrogen and oxygen atoms in total. The van der Waals surface area contributed by atoms with Crippen LogP contribution in [0.1, 0.15) is 24.2 Å². The SMILES string of the molecule is CCSC[C@@H](C)N(C)C(=O)c1ccc(S(N)(=O)=O)cc1. The van der Waals surface area contributed by atoms with Gasteiger partial charge in [-0.2, -0.15) is 11.8 Å². The number of nitrogens with two attached hydrogens (primary N) is 1. The van der Waals surface area contributed by atoms with E-state index in [1.165, 1.54) is 24.3 Å². The van der Waals surface area contributed by atoms with Crippen molar-refractivity contribution in [2.75, 3.05) is 18.6 Å². The van der Waals surface area contributed by atoms with Gasteiger partial charge in [0.15, 0.2) is 0 Å². The molecule has 0 bridgehead atoms. The molecule has 0 aromatic heterocycles. The molecule has 0 fully saturated rings. The average molecular weight is 316 g/mol. The van der Waals surface area contributed by atoms with Gasteiger partial charge in [0.2, 0.25) is 10.0 Å². The number of sulfonamides is 1. The lowest BCUT2D eigenvalue weighted by Gasteiger charge is -2.24. The van der Waals surface area contributed by atoms with Crippen LogP contribution < -0.4 is 5.14 Å². The number of nitrogens with zero attached hydrogens (tertiary/aromatic N) is 1. The Morgan fingerprint density at radius 1 is 1.35 bits per heavy atom. The monoisotopic (exact) mass is 316 g/mol. The molecular weight excluding hydrogens is 296 g/mol. The standard InChI is InChI=1S/C13H20N2O3S2/c1-4-19-9-10(2)15(3)13(16)11-5-7-12(8-6-11)20(14,17)18/h5-8,10H,4,9H2,1-3H3,(H2,14,17,18)/t10-/m1/s1. The molecule has 0 aliphatic rings. The molecule has 20 heavy (non-hydrogen) atoms. The van der Waals surface area contributed by atoms with Crippen LogP contribution in [-0.4, -0.2) is 43.8 Å². The summed E-state index contributed by atoms with van der Waals surface area (Å²) >= 11 is 1.77. The Morgan fingerprint density at radius 3 is 2.35 bits per heavy atom. The lowest BCUT2D eigenvalue weighted by molar-refractivity contribution is 0.0757. The number of benzene rings is 1. The van der Waals surface area contributed by atoms with Crippen molar-refractivity contribution in [1.82, 2.24) is 4.90 Å². The summed E-state index contributed by atoms with van der Waals surface area (Å²) in [5.74, 6) is 1.75. The summed E-state index contributed by atoms with van der Waals surface area (Å²) in [6.45, 7) is 4.06. The van der Waals surface area contributed by atoms with Crippen LogP contribution in [-0.2, 0) is 10.0 Å². The number of rotatable bonds is 6. The average Bonchev–Trinajstić information content (AvgIpc) is 2.42. The molecule has 1 atom stereocenters. The Bertz CT molecular complexity index is 555. The van der Waals surface area contributed by atoms with Crippen molar-refractivity contribution in [1.29, 1.82) is 0 Å². The quantitative estimate of drug-likeness (QED) is 0.863. The van der Waals surface area contributed by atoms with Gasteiger partial charge in [-0.1, -0.05) is 6.92 Å². The second kappa shape index (κ2) is 7.10. The highest BCUT2D eigenvalue weighted by Gasteiger charge is 2.18. The second-order valence-electron chi connectivity index (χ2n) is 4.49. The molecule has 2 N–H and O–H groups in total. The summed E-state index contributed by atoms with van der Waals surface area (Å²) in [6, 6.07) is 5.78. The number of thioether (sulfide) groups is 1. The molecule has 1 aromatic rings. The summed E-state index contributed by atoms with van der Waals surface area (Å²) in [5.41, 5.74) is 0.452. The number of carbonyl (C=O) groups excluding carboxylic acids is 1. The highest BCUT2D eigenvalue weighted by atomic mass is 32.2. The van der Waals surface area contributed by atoms with E-state index in [1.54, 1.807) is 23.7 Å². The molecule has 7 heteroatoms. The Hall–Kier alpha value is -1.05. The zero-order valence-corrected chi connectivity index (χ0v) is 13.5. The van der Waals surface area contributed by atoms with Gasteiger partial charge in [0, 0.05) is 24.4 Å². The van der Waals surface area contributed by atoms with Gasteiger partial charge in [-0.15, -0.1) is 0 Å². The smallest absolute Gasteiger partial charge is 0.253 e. The van der Waals surface area contributed by atoms with E-state index in [0.29, 0.717) is 5.56 Å². The second-order valence-corrected chi connectivity index (χ2v) is 7.37. The number of carbonyl (C=O) groups is 1. The lowest BCUT2D eigenvalue weighted by atomic mass is 10.2. The fourth-order valence-electron chi connectivity index (χ4n) is 1.59. The zero-order valence-electron chi connectivity index (χ0n) is 11.9. The molecule has 1 amide bonds. The Kier molecular flexibility index (Phi) is 6.04. The van der Waals surface area contributed by atoms with Crippen molar-refractivity contribution >= 4 is 27.7 Å². The number of amides is 1.